The zero-order valence-electron chi connectivity index (χ0n) is 13.7. The van der Waals surface area contributed by atoms with Crippen LogP contribution in [0.15, 0.2) is 54.6 Å². The lowest BCUT2D eigenvalue weighted by Gasteiger charge is -2.08. The Bertz CT molecular complexity index is 773. The average Bonchev–Trinajstić information content (AvgIpc) is 2.86. The highest BCUT2D eigenvalue weighted by Gasteiger charge is 2.16. The summed E-state index contributed by atoms with van der Waals surface area (Å²) in [7, 11) is 0. The molecule has 0 unspecified atom stereocenters. The average molecular weight is 306 g/mol. The van der Waals surface area contributed by atoms with Crippen molar-refractivity contribution < 1.29 is 5.11 Å². The summed E-state index contributed by atoms with van der Waals surface area (Å²) in [5.41, 5.74) is 4.99. The van der Waals surface area contributed by atoms with E-state index in [0.717, 1.165) is 24.2 Å². The molecule has 0 aliphatic heterocycles. The van der Waals surface area contributed by atoms with Gasteiger partial charge in [-0.2, -0.15) is 5.10 Å². The van der Waals surface area contributed by atoms with Gasteiger partial charge in [-0.05, 0) is 36.6 Å². The molecule has 0 amide bonds. The molecule has 0 atom stereocenters. The third-order valence-electron chi connectivity index (χ3n) is 4.06. The minimum absolute atomic E-state index is 0.284. The first-order valence-corrected chi connectivity index (χ1v) is 8.09. The smallest absolute Gasteiger partial charge is 0.160 e. The lowest BCUT2D eigenvalue weighted by Crippen LogP contribution is -2.03. The minimum Gasteiger partial charge on any atom is -0.504 e. The zero-order chi connectivity index (χ0) is 16.2. The van der Waals surface area contributed by atoms with Gasteiger partial charge in [-0.25, -0.2) is 4.68 Å². The van der Waals surface area contributed by atoms with Crippen molar-refractivity contribution in [1.82, 2.24) is 9.78 Å². The van der Waals surface area contributed by atoms with E-state index in [-0.39, 0.29) is 5.75 Å². The summed E-state index contributed by atoms with van der Waals surface area (Å²) in [4.78, 5) is 0. The second kappa shape index (κ2) is 6.69. The molecule has 3 nitrogen and oxygen atoms in total. The quantitative estimate of drug-likeness (QED) is 0.757. The maximum Gasteiger partial charge on any atom is 0.160 e. The molecular weight excluding hydrogens is 284 g/mol. The molecule has 0 aliphatic rings. The van der Waals surface area contributed by atoms with Gasteiger partial charge in [0.05, 0.1) is 11.4 Å². The van der Waals surface area contributed by atoms with Gasteiger partial charge >= 0.3 is 0 Å². The van der Waals surface area contributed by atoms with E-state index in [1.165, 1.54) is 11.1 Å². The van der Waals surface area contributed by atoms with E-state index in [4.69, 9.17) is 0 Å². The molecule has 1 N–H and O–H groups in total. The largest absolute Gasteiger partial charge is 0.504 e. The number of aromatic nitrogens is 2. The highest BCUT2D eigenvalue weighted by atomic mass is 16.3. The molecule has 0 saturated heterocycles. The third kappa shape index (κ3) is 3.29. The second-order valence-corrected chi connectivity index (χ2v) is 5.87. The molecule has 0 fully saturated rings. The Labute approximate surface area is 137 Å². The first-order valence-electron chi connectivity index (χ1n) is 8.09. The highest BCUT2D eigenvalue weighted by molar-refractivity contribution is 5.42. The number of nitrogens with zero attached hydrogens (tertiary/aromatic N) is 2. The van der Waals surface area contributed by atoms with Crippen LogP contribution in [0.4, 0.5) is 0 Å². The van der Waals surface area contributed by atoms with Gasteiger partial charge in [0.25, 0.3) is 0 Å². The lowest BCUT2D eigenvalue weighted by atomic mass is 10.0. The summed E-state index contributed by atoms with van der Waals surface area (Å²) in [6, 6.07) is 18.6. The van der Waals surface area contributed by atoms with E-state index >= 15 is 0 Å². The van der Waals surface area contributed by atoms with Gasteiger partial charge in [-0.15, -0.1) is 0 Å². The summed E-state index contributed by atoms with van der Waals surface area (Å²) in [6.45, 7) is 4.02. The summed E-state index contributed by atoms with van der Waals surface area (Å²) in [5.74, 6) is 0.284. The number of hydrogen-bond acceptors (Lipinski definition) is 2. The number of aromatic hydroxyl groups is 1. The number of hydrogen-bond donors (Lipinski definition) is 1. The fourth-order valence-corrected chi connectivity index (χ4v) is 2.81. The Morgan fingerprint density at radius 1 is 0.957 bits per heavy atom. The monoisotopic (exact) mass is 306 g/mol. The van der Waals surface area contributed by atoms with Gasteiger partial charge in [-0.1, -0.05) is 55.8 Å². The predicted octanol–water partition coefficient (Wildman–Crippen LogP) is 4.43. The number of rotatable bonds is 5. The Morgan fingerprint density at radius 2 is 1.61 bits per heavy atom. The van der Waals surface area contributed by atoms with E-state index in [2.05, 4.69) is 36.3 Å². The molecule has 3 rings (SSSR count). The molecule has 0 radical (unpaired) electrons. The Balaban J connectivity index is 1.93. The molecule has 1 heterocycles. The Kier molecular flexibility index (Phi) is 4.47. The van der Waals surface area contributed by atoms with Crippen LogP contribution in [0.25, 0.3) is 5.69 Å². The van der Waals surface area contributed by atoms with Crippen molar-refractivity contribution in [3.05, 3.63) is 77.1 Å². The molecule has 0 bridgehead atoms. The van der Waals surface area contributed by atoms with Crippen LogP contribution in [0.1, 0.15) is 35.9 Å². The molecule has 118 valence electrons. The molecule has 23 heavy (non-hydrogen) atoms. The van der Waals surface area contributed by atoms with Crippen LogP contribution in [-0.2, 0) is 12.8 Å². The van der Waals surface area contributed by atoms with Crippen LogP contribution in [0.2, 0.25) is 0 Å². The molecule has 0 saturated carbocycles. The van der Waals surface area contributed by atoms with Crippen molar-refractivity contribution in [3.8, 4) is 11.4 Å². The van der Waals surface area contributed by atoms with Gasteiger partial charge in [0.2, 0.25) is 0 Å². The predicted molar refractivity (Wildman–Crippen MR) is 93.2 cm³/mol. The number of aryl methyl sites for hydroxylation is 2. The van der Waals surface area contributed by atoms with Crippen molar-refractivity contribution in [3.63, 3.8) is 0 Å². The van der Waals surface area contributed by atoms with Crippen molar-refractivity contribution in [2.24, 2.45) is 0 Å². The topological polar surface area (TPSA) is 38.1 Å². The van der Waals surface area contributed by atoms with Crippen LogP contribution >= 0.6 is 0 Å². The van der Waals surface area contributed by atoms with E-state index in [9.17, 15) is 5.11 Å². The van der Waals surface area contributed by atoms with Gasteiger partial charge in [0.1, 0.15) is 5.69 Å². The second-order valence-electron chi connectivity index (χ2n) is 5.87. The normalized spacial score (nSPS) is 10.9. The minimum atomic E-state index is 0.284. The summed E-state index contributed by atoms with van der Waals surface area (Å²) >= 11 is 0. The molecule has 0 spiro atoms. The summed E-state index contributed by atoms with van der Waals surface area (Å²) in [5, 5.41) is 14.9. The van der Waals surface area contributed by atoms with Gasteiger partial charge in [0, 0.05) is 6.42 Å². The number of para-hydroxylation sites is 1. The van der Waals surface area contributed by atoms with Crippen molar-refractivity contribution in [2.45, 2.75) is 33.1 Å². The summed E-state index contributed by atoms with van der Waals surface area (Å²) in [6.07, 6.45) is 2.92. The third-order valence-corrected chi connectivity index (χ3v) is 4.06. The van der Waals surface area contributed by atoms with Crippen LogP contribution < -0.4 is 0 Å². The van der Waals surface area contributed by atoms with Crippen LogP contribution in [0.3, 0.4) is 0 Å². The van der Waals surface area contributed by atoms with Crippen molar-refractivity contribution >= 4 is 0 Å². The van der Waals surface area contributed by atoms with E-state index in [1.54, 1.807) is 0 Å². The van der Waals surface area contributed by atoms with Crippen LogP contribution in [-0.4, -0.2) is 14.9 Å². The van der Waals surface area contributed by atoms with Crippen molar-refractivity contribution in [2.75, 3.05) is 0 Å². The first kappa shape index (κ1) is 15.3. The lowest BCUT2D eigenvalue weighted by molar-refractivity contribution is 0.464. The standard InChI is InChI=1S/C20H22N2O/c1-3-7-16-10-12-17(13-11-16)14-19-20(23)15(2)21-22(19)18-8-5-4-6-9-18/h4-6,8-13,23H,3,7,14H2,1-2H3. The van der Waals surface area contributed by atoms with Crippen LogP contribution in [0.5, 0.6) is 5.75 Å². The van der Waals surface area contributed by atoms with Gasteiger partial charge < -0.3 is 5.11 Å². The van der Waals surface area contributed by atoms with Crippen molar-refractivity contribution in [1.29, 1.82) is 0 Å². The molecular formula is C20H22N2O. The fraction of sp³-hybridized carbons (Fsp3) is 0.250. The van der Waals surface area contributed by atoms with Crippen LogP contribution in [0, 0.1) is 6.92 Å². The van der Waals surface area contributed by atoms with Gasteiger partial charge in [-0.3, -0.25) is 0 Å². The summed E-state index contributed by atoms with van der Waals surface area (Å²) < 4.78 is 1.84. The highest BCUT2D eigenvalue weighted by Crippen LogP contribution is 2.27. The number of benzene rings is 2. The van der Waals surface area contributed by atoms with E-state index in [0.29, 0.717) is 12.1 Å². The van der Waals surface area contributed by atoms with E-state index < -0.39 is 0 Å². The Hall–Kier alpha value is -2.55. The molecule has 2 aromatic carbocycles. The molecule has 3 aromatic rings. The first-order chi connectivity index (χ1) is 11.2. The molecule has 1 aromatic heterocycles. The Morgan fingerprint density at radius 3 is 2.26 bits per heavy atom. The van der Waals surface area contributed by atoms with E-state index in [1.807, 2.05) is 41.9 Å². The molecule has 0 aliphatic carbocycles. The molecule has 3 heteroatoms. The fourth-order valence-electron chi connectivity index (χ4n) is 2.81. The maximum absolute atomic E-state index is 10.4. The van der Waals surface area contributed by atoms with Gasteiger partial charge in [0.15, 0.2) is 5.75 Å². The SMILES string of the molecule is CCCc1ccc(Cc2c(O)c(C)nn2-c2ccccc2)cc1. The zero-order valence-corrected chi connectivity index (χ0v) is 13.7. The maximum atomic E-state index is 10.4.